The molecule has 1 fully saturated rings. The number of rotatable bonds is 5. The highest BCUT2D eigenvalue weighted by atomic mass is 35.5. The number of benzene rings is 1. The molecule has 2 heterocycles. The molecule has 0 spiro atoms. The summed E-state index contributed by atoms with van der Waals surface area (Å²) in [6, 6.07) is 8.12. The first-order valence-electron chi connectivity index (χ1n) is 8.25. The van der Waals surface area contributed by atoms with Crippen molar-refractivity contribution >= 4 is 39.0 Å². The molecule has 1 N–H and O–H groups in total. The maximum atomic E-state index is 12.4. The van der Waals surface area contributed by atoms with Gasteiger partial charge in [0.2, 0.25) is 5.95 Å². The van der Waals surface area contributed by atoms with Crippen molar-refractivity contribution in [2.45, 2.75) is 19.4 Å². The molecule has 2 aromatic rings. The lowest BCUT2D eigenvalue weighted by Crippen LogP contribution is -2.37. The van der Waals surface area contributed by atoms with Crippen LogP contribution in [0.15, 0.2) is 36.5 Å². The number of aromatic nitrogens is 2. The van der Waals surface area contributed by atoms with Crippen LogP contribution in [0.1, 0.15) is 23.8 Å². The van der Waals surface area contributed by atoms with Gasteiger partial charge in [-0.1, -0.05) is 11.6 Å². The molecule has 3 rings (SSSR count). The average molecular weight is 395 g/mol. The molecule has 9 heteroatoms. The highest BCUT2D eigenvalue weighted by Gasteiger charge is 2.33. The van der Waals surface area contributed by atoms with E-state index in [0.29, 0.717) is 29.6 Å². The smallest absolute Gasteiger partial charge is 0.274 e. The fourth-order valence-corrected chi connectivity index (χ4v) is 4.78. The maximum absolute atomic E-state index is 12.4. The molecule has 138 valence electrons. The van der Waals surface area contributed by atoms with Crippen molar-refractivity contribution in [2.75, 3.05) is 28.3 Å². The Balaban J connectivity index is 1.78. The van der Waals surface area contributed by atoms with Gasteiger partial charge in [0.05, 0.1) is 11.5 Å². The number of amides is 1. The predicted molar refractivity (Wildman–Crippen MR) is 102 cm³/mol. The molecular weight excluding hydrogens is 376 g/mol. The quantitative estimate of drug-likeness (QED) is 0.837. The van der Waals surface area contributed by atoms with Gasteiger partial charge in [-0.2, -0.15) is 0 Å². The molecule has 1 aromatic heterocycles. The molecule has 1 saturated heterocycles. The summed E-state index contributed by atoms with van der Waals surface area (Å²) in [4.78, 5) is 22.8. The fourth-order valence-electron chi connectivity index (χ4n) is 2.93. The number of hydrogen-bond donors (Lipinski definition) is 1. The van der Waals surface area contributed by atoms with Crippen LogP contribution in [0.25, 0.3) is 0 Å². The topological polar surface area (TPSA) is 92.3 Å². The number of hydrogen-bond acceptors (Lipinski definition) is 6. The van der Waals surface area contributed by atoms with Crippen LogP contribution in [0.4, 0.5) is 11.6 Å². The minimum Gasteiger partial charge on any atom is -0.337 e. The minimum absolute atomic E-state index is 0.0887. The van der Waals surface area contributed by atoms with E-state index >= 15 is 0 Å². The second-order valence-electron chi connectivity index (χ2n) is 6.05. The molecule has 7 nitrogen and oxygen atoms in total. The van der Waals surface area contributed by atoms with Crippen molar-refractivity contribution in [1.82, 2.24) is 9.97 Å². The van der Waals surface area contributed by atoms with E-state index < -0.39 is 9.84 Å². The summed E-state index contributed by atoms with van der Waals surface area (Å²) in [6.45, 7) is 2.47. The fraction of sp³-hybridized carbons (Fsp3) is 0.353. The Kier molecular flexibility index (Phi) is 5.43. The van der Waals surface area contributed by atoms with Crippen molar-refractivity contribution in [1.29, 1.82) is 0 Å². The second-order valence-corrected chi connectivity index (χ2v) is 8.71. The molecule has 0 bridgehead atoms. The minimum atomic E-state index is -3.02. The normalized spacial score (nSPS) is 18.5. The van der Waals surface area contributed by atoms with Gasteiger partial charge in [0, 0.05) is 29.5 Å². The van der Waals surface area contributed by atoms with Crippen LogP contribution in [-0.2, 0) is 9.84 Å². The lowest BCUT2D eigenvalue weighted by Gasteiger charge is -2.26. The number of sulfone groups is 1. The summed E-state index contributed by atoms with van der Waals surface area (Å²) in [5.41, 5.74) is 0.818. The van der Waals surface area contributed by atoms with E-state index in [0.717, 1.165) is 0 Å². The molecule has 1 atom stereocenters. The van der Waals surface area contributed by atoms with Gasteiger partial charge in [-0.25, -0.2) is 18.4 Å². The van der Waals surface area contributed by atoms with E-state index in [4.69, 9.17) is 11.6 Å². The first kappa shape index (κ1) is 18.6. The Morgan fingerprint density at radius 3 is 2.65 bits per heavy atom. The van der Waals surface area contributed by atoms with Crippen molar-refractivity contribution < 1.29 is 13.2 Å². The van der Waals surface area contributed by atoms with Crippen LogP contribution in [0, 0.1) is 0 Å². The Morgan fingerprint density at radius 2 is 2.04 bits per heavy atom. The standard InChI is InChI=1S/C17H19ClN4O3S/c1-2-22(14-8-10-26(24,25)11-14)17-19-9-7-15(21-17)16(23)20-13-5-3-12(18)4-6-13/h3-7,9,14H,2,8,10-11H2,1H3,(H,20,23). The molecular formula is C17H19ClN4O3S. The van der Waals surface area contributed by atoms with E-state index in [1.807, 2.05) is 11.8 Å². The van der Waals surface area contributed by atoms with E-state index in [9.17, 15) is 13.2 Å². The first-order valence-corrected chi connectivity index (χ1v) is 10.4. The SMILES string of the molecule is CCN(c1nccc(C(=O)Nc2ccc(Cl)cc2)n1)C1CCS(=O)(=O)C1. The van der Waals surface area contributed by atoms with Crippen LogP contribution >= 0.6 is 11.6 Å². The van der Waals surface area contributed by atoms with Crippen LogP contribution in [0.5, 0.6) is 0 Å². The lowest BCUT2D eigenvalue weighted by molar-refractivity contribution is 0.102. The Morgan fingerprint density at radius 1 is 1.31 bits per heavy atom. The molecule has 0 saturated carbocycles. The van der Waals surface area contributed by atoms with Gasteiger partial charge < -0.3 is 10.2 Å². The molecule has 1 aromatic carbocycles. The first-order chi connectivity index (χ1) is 12.4. The molecule has 1 aliphatic heterocycles. The van der Waals surface area contributed by atoms with Gasteiger partial charge in [0.25, 0.3) is 5.91 Å². The van der Waals surface area contributed by atoms with Gasteiger partial charge in [-0.15, -0.1) is 0 Å². The number of carbonyl (C=O) groups excluding carboxylic acids is 1. The zero-order valence-electron chi connectivity index (χ0n) is 14.2. The highest BCUT2D eigenvalue weighted by Crippen LogP contribution is 2.22. The van der Waals surface area contributed by atoms with Crippen LogP contribution in [0.2, 0.25) is 5.02 Å². The summed E-state index contributed by atoms with van der Waals surface area (Å²) < 4.78 is 23.5. The molecule has 1 aliphatic rings. The molecule has 1 amide bonds. The second kappa shape index (κ2) is 7.59. The molecule has 0 aliphatic carbocycles. The van der Waals surface area contributed by atoms with E-state index in [-0.39, 0.29) is 29.1 Å². The third-order valence-corrected chi connectivity index (χ3v) is 6.23. The van der Waals surface area contributed by atoms with E-state index in [1.165, 1.54) is 12.3 Å². The Labute approximate surface area is 157 Å². The summed E-state index contributed by atoms with van der Waals surface area (Å²) in [6.07, 6.45) is 2.05. The lowest BCUT2D eigenvalue weighted by atomic mass is 10.2. The number of anilines is 2. The third-order valence-electron chi connectivity index (χ3n) is 4.22. The van der Waals surface area contributed by atoms with Crippen molar-refractivity contribution in [3.8, 4) is 0 Å². The highest BCUT2D eigenvalue weighted by molar-refractivity contribution is 7.91. The number of halogens is 1. The summed E-state index contributed by atoms with van der Waals surface area (Å²) in [5.74, 6) is 0.250. The predicted octanol–water partition coefficient (Wildman–Crippen LogP) is 2.40. The molecule has 26 heavy (non-hydrogen) atoms. The van der Waals surface area contributed by atoms with E-state index in [1.54, 1.807) is 24.3 Å². The Hall–Kier alpha value is -2.19. The van der Waals surface area contributed by atoms with Crippen molar-refractivity contribution in [2.24, 2.45) is 0 Å². The van der Waals surface area contributed by atoms with Gasteiger partial charge in [-0.3, -0.25) is 4.79 Å². The zero-order valence-corrected chi connectivity index (χ0v) is 15.8. The Bertz CT molecular complexity index is 902. The van der Waals surface area contributed by atoms with Gasteiger partial charge >= 0.3 is 0 Å². The van der Waals surface area contributed by atoms with Gasteiger partial charge in [0.15, 0.2) is 9.84 Å². The summed E-state index contributed by atoms with van der Waals surface area (Å²) in [5, 5.41) is 3.33. The maximum Gasteiger partial charge on any atom is 0.274 e. The van der Waals surface area contributed by atoms with Crippen molar-refractivity contribution in [3.05, 3.63) is 47.2 Å². The molecule has 1 unspecified atom stereocenters. The number of nitrogens with one attached hydrogen (secondary N) is 1. The van der Waals surface area contributed by atoms with Crippen LogP contribution in [0.3, 0.4) is 0 Å². The summed E-state index contributed by atoms with van der Waals surface area (Å²) in [7, 11) is -3.02. The van der Waals surface area contributed by atoms with Gasteiger partial charge in [-0.05, 0) is 43.7 Å². The monoisotopic (exact) mass is 394 g/mol. The van der Waals surface area contributed by atoms with Crippen molar-refractivity contribution in [3.63, 3.8) is 0 Å². The average Bonchev–Trinajstić information content (AvgIpc) is 2.97. The van der Waals surface area contributed by atoms with Crippen LogP contribution < -0.4 is 10.2 Å². The number of carbonyl (C=O) groups is 1. The van der Waals surface area contributed by atoms with E-state index in [2.05, 4.69) is 15.3 Å². The van der Waals surface area contributed by atoms with Crippen LogP contribution in [-0.4, -0.2) is 48.4 Å². The number of nitrogens with zero attached hydrogens (tertiary/aromatic N) is 3. The summed E-state index contributed by atoms with van der Waals surface area (Å²) >= 11 is 5.84. The zero-order chi connectivity index (χ0) is 18.7. The van der Waals surface area contributed by atoms with Gasteiger partial charge in [0.1, 0.15) is 5.69 Å². The largest absolute Gasteiger partial charge is 0.337 e. The third kappa shape index (κ3) is 4.31. The molecule has 0 radical (unpaired) electrons.